The SMILES string of the molecule is Nc1nc(N)nc(CNC(Cc2ccccn2)c2ccc(Br)cc2)n1. The molecular formula is C17H18BrN7. The molecule has 1 aromatic carbocycles. The first-order chi connectivity index (χ1) is 12.1. The van der Waals surface area contributed by atoms with Gasteiger partial charge in [-0.2, -0.15) is 15.0 Å². The molecule has 0 saturated carbocycles. The average Bonchev–Trinajstić information content (AvgIpc) is 2.59. The van der Waals surface area contributed by atoms with Gasteiger partial charge in [-0.3, -0.25) is 4.98 Å². The van der Waals surface area contributed by atoms with Gasteiger partial charge in [-0.25, -0.2) is 0 Å². The van der Waals surface area contributed by atoms with E-state index < -0.39 is 0 Å². The number of nitrogens with two attached hydrogens (primary N) is 2. The van der Waals surface area contributed by atoms with E-state index in [1.807, 2.05) is 30.3 Å². The third kappa shape index (κ3) is 4.94. The Labute approximate surface area is 154 Å². The fourth-order valence-electron chi connectivity index (χ4n) is 2.48. The summed E-state index contributed by atoms with van der Waals surface area (Å²) in [7, 11) is 0. The molecule has 3 rings (SSSR count). The standard InChI is InChI=1S/C17H18BrN7/c18-12-6-4-11(5-7-12)14(9-13-3-1-2-8-21-13)22-10-15-23-16(19)25-17(20)24-15/h1-8,14,22H,9-10H2,(H4,19,20,23,24,25). The predicted octanol–water partition coefficient (Wildman–Crippen LogP) is 2.27. The molecule has 1 atom stereocenters. The van der Waals surface area contributed by atoms with Crippen LogP contribution in [0, 0.1) is 0 Å². The summed E-state index contributed by atoms with van der Waals surface area (Å²) in [4.78, 5) is 16.4. The van der Waals surface area contributed by atoms with Crippen molar-refractivity contribution in [3.05, 3.63) is 70.2 Å². The number of aromatic nitrogens is 4. The Morgan fingerprint density at radius 3 is 2.32 bits per heavy atom. The maximum Gasteiger partial charge on any atom is 0.225 e. The van der Waals surface area contributed by atoms with Crippen molar-refractivity contribution in [2.75, 3.05) is 11.5 Å². The summed E-state index contributed by atoms with van der Waals surface area (Å²) in [6.07, 6.45) is 2.53. The maximum absolute atomic E-state index is 5.63. The van der Waals surface area contributed by atoms with E-state index in [0.29, 0.717) is 12.4 Å². The fourth-order valence-corrected chi connectivity index (χ4v) is 2.75. The van der Waals surface area contributed by atoms with Crippen molar-refractivity contribution in [2.24, 2.45) is 0 Å². The zero-order chi connectivity index (χ0) is 17.6. The van der Waals surface area contributed by atoms with Crippen molar-refractivity contribution in [2.45, 2.75) is 19.0 Å². The lowest BCUT2D eigenvalue weighted by molar-refractivity contribution is 0.514. The van der Waals surface area contributed by atoms with Crippen molar-refractivity contribution in [3.8, 4) is 0 Å². The molecule has 7 nitrogen and oxygen atoms in total. The van der Waals surface area contributed by atoms with Crippen LogP contribution in [0.1, 0.15) is 23.1 Å². The van der Waals surface area contributed by atoms with E-state index in [2.05, 4.69) is 53.3 Å². The van der Waals surface area contributed by atoms with Crippen molar-refractivity contribution < 1.29 is 0 Å². The molecule has 0 fully saturated rings. The Balaban J connectivity index is 1.79. The van der Waals surface area contributed by atoms with E-state index in [1.165, 1.54) is 0 Å². The number of nitrogen functional groups attached to an aromatic ring is 2. The van der Waals surface area contributed by atoms with Crippen LogP contribution in [0.3, 0.4) is 0 Å². The van der Waals surface area contributed by atoms with E-state index in [9.17, 15) is 0 Å². The molecule has 0 aliphatic rings. The summed E-state index contributed by atoms with van der Waals surface area (Å²) in [6.45, 7) is 0.421. The summed E-state index contributed by atoms with van der Waals surface area (Å²) >= 11 is 3.47. The highest BCUT2D eigenvalue weighted by Crippen LogP contribution is 2.20. The molecule has 2 aromatic heterocycles. The molecule has 0 bridgehead atoms. The van der Waals surface area contributed by atoms with Gasteiger partial charge in [-0.05, 0) is 29.8 Å². The average molecular weight is 400 g/mol. The van der Waals surface area contributed by atoms with Gasteiger partial charge in [0.1, 0.15) is 5.82 Å². The third-order valence-electron chi connectivity index (χ3n) is 3.63. The van der Waals surface area contributed by atoms with Crippen LogP contribution >= 0.6 is 15.9 Å². The lowest BCUT2D eigenvalue weighted by atomic mass is 10.0. The minimum atomic E-state index is 0.0437. The minimum absolute atomic E-state index is 0.0437. The number of halogens is 1. The molecule has 25 heavy (non-hydrogen) atoms. The monoisotopic (exact) mass is 399 g/mol. The first kappa shape index (κ1) is 17.2. The smallest absolute Gasteiger partial charge is 0.225 e. The highest BCUT2D eigenvalue weighted by molar-refractivity contribution is 9.10. The van der Waals surface area contributed by atoms with Crippen LogP contribution in [0.25, 0.3) is 0 Å². The second kappa shape index (κ2) is 8.00. The third-order valence-corrected chi connectivity index (χ3v) is 4.16. The zero-order valence-corrected chi connectivity index (χ0v) is 15.0. The Kier molecular flexibility index (Phi) is 5.52. The lowest BCUT2D eigenvalue weighted by Gasteiger charge is -2.19. The van der Waals surface area contributed by atoms with Crippen LogP contribution < -0.4 is 16.8 Å². The van der Waals surface area contributed by atoms with Gasteiger partial charge in [-0.15, -0.1) is 0 Å². The summed E-state index contributed by atoms with van der Waals surface area (Å²) in [6, 6.07) is 14.1. The first-order valence-electron chi connectivity index (χ1n) is 7.75. The van der Waals surface area contributed by atoms with E-state index in [1.54, 1.807) is 6.20 Å². The molecule has 8 heteroatoms. The van der Waals surface area contributed by atoms with Crippen molar-refractivity contribution >= 4 is 27.8 Å². The van der Waals surface area contributed by atoms with E-state index >= 15 is 0 Å². The topological polar surface area (TPSA) is 116 Å². The van der Waals surface area contributed by atoms with E-state index in [4.69, 9.17) is 11.5 Å². The van der Waals surface area contributed by atoms with Crippen LogP contribution in [0.15, 0.2) is 53.1 Å². The number of hydrogen-bond donors (Lipinski definition) is 3. The molecule has 0 saturated heterocycles. The Hall–Kier alpha value is -2.58. The molecule has 0 aliphatic carbocycles. The lowest BCUT2D eigenvalue weighted by Crippen LogP contribution is -2.25. The van der Waals surface area contributed by atoms with Crippen molar-refractivity contribution in [1.29, 1.82) is 0 Å². The van der Waals surface area contributed by atoms with Crippen LogP contribution in [0.2, 0.25) is 0 Å². The maximum atomic E-state index is 5.63. The molecule has 3 aromatic rings. The predicted molar refractivity (Wildman–Crippen MR) is 100 cm³/mol. The normalized spacial score (nSPS) is 12.0. The number of rotatable bonds is 6. The number of pyridine rings is 1. The number of nitrogens with zero attached hydrogens (tertiary/aromatic N) is 4. The van der Waals surface area contributed by atoms with Gasteiger partial charge in [0.05, 0.1) is 6.54 Å². The van der Waals surface area contributed by atoms with Crippen molar-refractivity contribution in [1.82, 2.24) is 25.3 Å². The molecule has 2 heterocycles. The highest BCUT2D eigenvalue weighted by atomic mass is 79.9. The molecule has 5 N–H and O–H groups in total. The van der Waals surface area contributed by atoms with Crippen LogP contribution in [-0.4, -0.2) is 19.9 Å². The van der Waals surface area contributed by atoms with Crippen molar-refractivity contribution in [3.63, 3.8) is 0 Å². The number of anilines is 2. The Bertz CT molecular complexity index is 804. The Morgan fingerprint density at radius 1 is 0.960 bits per heavy atom. The second-order valence-electron chi connectivity index (χ2n) is 5.48. The molecule has 0 radical (unpaired) electrons. The molecule has 128 valence electrons. The number of hydrogen-bond acceptors (Lipinski definition) is 7. The Morgan fingerprint density at radius 2 is 1.68 bits per heavy atom. The zero-order valence-electron chi connectivity index (χ0n) is 13.4. The molecule has 0 amide bonds. The highest BCUT2D eigenvalue weighted by Gasteiger charge is 2.14. The second-order valence-corrected chi connectivity index (χ2v) is 6.39. The van der Waals surface area contributed by atoms with Gasteiger partial charge in [-0.1, -0.05) is 34.1 Å². The quantitative estimate of drug-likeness (QED) is 0.581. The number of benzene rings is 1. The van der Waals surface area contributed by atoms with Crippen LogP contribution in [0.4, 0.5) is 11.9 Å². The number of nitrogens with one attached hydrogen (secondary N) is 1. The molecule has 1 unspecified atom stereocenters. The minimum Gasteiger partial charge on any atom is -0.368 e. The fraction of sp³-hybridized carbons (Fsp3) is 0.176. The summed E-state index contributed by atoms with van der Waals surface area (Å²) < 4.78 is 1.03. The van der Waals surface area contributed by atoms with Gasteiger partial charge in [0.25, 0.3) is 0 Å². The summed E-state index contributed by atoms with van der Waals surface area (Å²) in [5, 5.41) is 3.46. The van der Waals surface area contributed by atoms with Gasteiger partial charge in [0, 0.05) is 28.8 Å². The summed E-state index contributed by atoms with van der Waals surface area (Å²) in [5.74, 6) is 0.747. The first-order valence-corrected chi connectivity index (χ1v) is 8.54. The molecule has 0 aliphatic heterocycles. The van der Waals surface area contributed by atoms with Crippen LogP contribution in [0.5, 0.6) is 0 Å². The largest absolute Gasteiger partial charge is 0.368 e. The van der Waals surface area contributed by atoms with Crippen LogP contribution in [-0.2, 0) is 13.0 Å². The van der Waals surface area contributed by atoms with Gasteiger partial charge in [0.15, 0.2) is 0 Å². The van der Waals surface area contributed by atoms with E-state index in [-0.39, 0.29) is 17.9 Å². The molecular weight excluding hydrogens is 382 g/mol. The summed E-state index contributed by atoms with van der Waals surface area (Å²) in [5.41, 5.74) is 13.4. The van der Waals surface area contributed by atoms with Gasteiger partial charge in [0.2, 0.25) is 11.9 Å². The van der Waals surface area contributed by atoms with Gasteiger partial charge >= 0.3 is 0 Å². The molecule has 0 spiro atoms. The van der Waals surface area contributed by atoms with Gasteiger partial charge < -0.3 is 16.8 Å². The van der Waals surface area contributed by atoms with E-state index in [0.717, 1.165) is 22.2 Å².